The van der Waals surface area contributed by atoms with Gasteiger partial charge < -0.3 is 11.1 Å². The minimum Gasteiger partial charge on any atom is -0.399 e. The van der Waals surface area contributed by atoms with Crippen molar-refractivity contribution in [1.82, 2.24) is 0 Å². The van der Waals surface area contributed by atoms with Crippen LogP contribution in [0.4, 0.5) is 22.7 Å². The van der Waals surface area contributed by atoms with Crippen molar-refractivity contribution in [3.05, 3.63) is 52.6 Å². The van der Waals surface area contributed by atoms with Crippen molar-refractivity contribution in [2.24, 2.45) is 0 Å². The largest absolute Gasteiger partial charge is 0.399 e. The second-order valence-corrected chi connectivity index (χ2v) is 5.58. The highest BCUT2D eigenvalue weighted by Crippen LogP contribution is 2.30. The molecule has 0 unspecified atom stereocenters. The van der Waals surface area contributed by atoms with Crippen molar-refractivity contribution in [2.75, 3.05) is 11.1 Å². The molecule has 0 atom stereocenters. The molecule has 0 aliphatic heterocycles. The van der Waals surface area contributed by atoms with E-state index in [4.69, 9.17) is 10.3 Å². The van der Waals surface area contributed by atoms with E-state index in [1.807, 2.05) is 0 Å². The molecular weight excluding hydrogens is 298 g/mol. The van der Waals surface area contributed by atoms with Crippen molar-refractivity contribution >= 4 is 32.9 Å². The maximum Gasteiger partial charge on any atom is 0.294 e. The average molecular weight is 309 g/mol. The number of nitrogens with zero attached hydrogens (tertiary/aromatic N) is 1. The summed E-state index contributed by atoms with van der Waals surface area (Å²) in [5.41, 5.74) is 6.16. The molecule has 0 fully saturated rings. The van der Waals surface area contributed by atoms with Crippen molar-refractivity contribution in [2.45, 2.75) is 4.90 Å². The zero-order chi connectivity index (χ0) is 15.6. The number of anilines is 3. The number of nitro groups is 1. The number of rotatable bonds is 4. The zero-order valence-electron chi connectivity index (χ0n) is 10.6. The quantitative estimate of drug-likeness (QED) is 0.341. The van der Waals surface area contributed by atoms with E-state index in [2.05, 4.69) is 5.32 Å². The molecule has 0 heterocycles. The van der Waals surface area contributed by atoms with Gasteiger partial charge in [-0.25, -0.2) is 0 Å². The molecule has 0 aliphatic rings. The molecule has 0 aliphatic carbocycles. The molecule has 8 nitrogen and oxygen atoms in total. The van der Waals surface area contributed by atoms with E-state index in [-0.39, 0.29) is 11.4 Å². The first-order valence-corrected chi connectivity index (χ1v) is 7.10. The van der Waals surface area contributed by atoms with Crippen LogP contribution in [0.2, 0.25) is 0 Å². The Balaban J connectivity index is 2.48. The molecule has 0 aromatic heterocycles. The summed E-state index contributed by atoms with van der Waals surface area (Å²) in [6.07, 6.45) is 0. The Labute approximate surface area is 120 Å². The third kappa shape index (κ3) is 3.46. The lowest BCUT2D eigenvalue weighted by molar-refractivity contribution is -0.384. The van der Waals surface area contributed by atoms with E-state index in [1.165, 1.54) is 0 Å². The third-order valence-electron chi connectivity index (χ3n) is 2.65. The topological polar surface area (TPSA) is 136 Å². The smallest absolute Gasteiger partial charge is 0.294 e. The summed E-state index contributed by atoms with van der Waals surface area (Å²) in [6, 6.07) is 9.29. The van der Waals surface area contributed by atoms with Crippen LogP contribution in [0, 0.1) is 10.1 Å². The van der Waals surface area contributed by atoms with Crippen LogP contribution in [0.5, 0.6) is 0 Å². The monoisotopic (exact) mass is 309 g/mol. The Morgan fingerprint density at radius 3 is 2.29 bits per heavy atom. The molecule has 4 N–H and O–H groups in total. The molecule has 2 aromatic carbocycles. The Morgan fingerprint density at radius 2 is 1.76 bits per heavy atom. The molecule has 110 valence electrons. The van der Waals surface area contributed by atoms with E-state index in [1.54, 1.807) is 24.3 Å². The van der Waals surface area contributed by atoms with Gasteiger partial charge in [0.2, 0.25) is 0 Å². The maximum absolute atomic E-state index is 11.1. The van der Waals surface area contributed by atoms with Gasteiger partial charge in [-0.15, -0.1) is 0 Å². The molecular formula is C12H11N3O5S. The first-order chi connectivity index (χ1) is 9.77. The van der Waals surface area contributed by atoms with Crippen LogP contribution in [0.1, 0.15) is 0 Å². The number of nitro benzene ring substituents is 1. The van der Waals surface area contributed by atoms with Gasteiger partial charge in [-0.3, -0.25) is 14.7 Å². The molecule has 0 amide bonds. The summed E-state index contributed by atoms with van der Waals surface area (Å²) < 4.78 is 31.2. The molecule has 0 spiro atoms. The number of nitrogen functional groups attached to an aromatic ring is 1. The summed E-state index contributed by atoms with van der Waals surface area (Å²) in [5, 5.41) is 13.7. The zero-order valence-corrected chi connectivity index (χ0v) is 11.4. The highest BCUT2D eigenvalue weighted by molar-refractivity contribution is 7.85. The van der Waals surface area contributed by atoms with E-state index < -0.39 is 19.9 Å². The van der Waals surface area contributed by atoms with Gasteiger partial charge in [0, 0.05) is 17.4 Å². The van der Waals surface area contributed by atoms with Crippen LogP contribution in [0.25, 0.3) is 0 Å². The van der Waals surface area contributed by atoms with Crippen molar-refractivity contribution in [1.29, 1.82) is 0 Å². The number of hydrogen-bond acceptors (Lipinski definition) is 6. The Bertz CT molecular complexity index is 787. The SMILES string of the molecule is Nc1ccc(Nc2cc(S(=O)(=O)O)ccc2[N+](=O)[O-])cc1. The van der Waals surface area contributed by atoms with E-state index >= 15 is 0 Å². The van der Waals surface area contributed by atoms with Crippen molar-refractivity contribution in [3.8, 4) is 0 Å². The van der Waals surface area contributed by atoms with E-state index in [0.29, 0.717) is 11.4 Å². The molecule has 0 bridgehead atoms. The highest BCUT2D eigenvalue weighted by Gasteiger charge is 2.19. The fraction of sp³-hybridized carbons (Fsp3) is 0. The van der Waals surface area contributed by atoms with Crippen LogP contribution in [0.3, 0.4) is 0 Å². The normalized spacial score (nSPS) is 11.1. The van der Waals surface area contributed by atoms with Gasteiger partial charge in [0.25, 0.3) is 15.8 Å². The molecule has 0 saturated heterocycles. The number of nitrogens with one attached hydrogen (secondary N) is 1. The molecule has 21 heavy (non-hydrogen) atoms. The predicted octanol–water partition coefficient (Wildman–Crippen LogP) is 2.17. The van der Waals surface area contributed by atoms with Gasteiger partial charge >= 0.3 is 0 Å². The number of nitrogens with two attached hydrogens (primary N) is 1. The molecule has 0 saturated carbocycles. The van der Waals surface area contributed by atoms with Crippen LogP contribution in [-0.4, -0.2) is 17.9 Å². The number of hydrogen-bond donors (Lipinski definition) is 3. The van der Waals surface area contributed by atoms with Gasteiger partial charge in [-0.2, -0.15) is 8.42 Å². The standard InChI is InChI=1S/C12H11N3O5S/c13-8-1-3-9(4-2-8)14-11-7-10(21(18,19)20)5-6-12(11)15(16)17/h1-7,14H,13H2,(H,18,19,20). The van der Waals surface area contributed by atoms with E-state index in [9.17, 15) is 18.5 Å². The van der Waals surface area contributed by atoms with Gasteiger partial charge in [-0.1, -0.05) is 0 Å². The Kier molecular flexibility index (Phi) is 3.78. The van der Waals surface area contributed by atoms with Crippen molar-refractivity contribution < 1.29 is 17.9 Å². The predicted molar refractivity (Wildman–Crippen MR) is 77.0 cm³/mol. The lowest BCUT2D eigenvalue weighted by Crippen LogP contribution is -2.02. The van der Waals surface area contributed by atoms with Crippen LogP contribution in [-0.2, 0) is 10.1 Å². The second kappa shape index (κ2) is 5.38. The summed E-state index contributed by atoms with van der Waals surface area (Å²) in [7, 11) is -4.45. The summed E-state index contributed by atoms with van der Waals surface area (Å²) in [5.74, 6) is 0. The fourth-order valence-corrected chi connectivity index (χ4v) is 2.16. The second-order valence-electron chi connectivity index (χ2n) is 4.16. The van der Waals surface area contributed by atoms with E-state index in [0.717, 1.165) is 18.2 Å². The minimum absolute atomic E-state index is 0.0557. The first-order valence-electron chi connectivity index (χ1n) is 5.66. The first kappa shape index (κ1) is 14.8. The summed E-state index contributed by atoms with van der Waals surface area (Å²) in [4.78, 5) is 9.86. The Morgan fingerprint density at radius 1 is 1.14 bits per heavy atom. The summed E-state index contributed by atoms with van der Waals surface area (Å²) in [6.45, 7) is 0. The van der Waals surface area contributed by atoms with Crippen LogP contribution >= 0.6 is 0 Å². The molecule has 2 aromatic rings. The van der Waals surface area contributed by atoms with Gasteiger partial charge in [0.05, 0.1) is 9.82 Å². The molecule has 2 rings (SSSR count). The lowest BCUT2D eigenvalue weighted by atomic mass is 10.2. The maximum atomic E-state index is 11.1. The number of benzene rings is 2. The average Bonchev–Trinajstić information content (AvgIpc) is 2.40. The molecule has 9 heteroatoms. The van der Waals surface area contributed by atoms with Gasteiger partial charge in [0.1, 0.15) is 5.69 Å². The third-order valence-corrected chi connectivity index (χ3v) is 3.50. The Hall–Kier alpha value is -2.65. The fourth-order valence-electron chi connectivity index (χ4n) is 1.66. The van der Waals surface area contributed by atoms with Gasteiger partial charge in [0.15, 0.2) is 0 Å². The minimum atomic E-state index is -4.45. The molecule has 0 radical (unpaired) electrons. The lowest BCUT2D eigenvalue weighted by Gasteiger charge is -2.08. The van der Waals surface area contributed by atoms with Crippen molar-refractivity contribution in [3.63, 3.8) is 0 Å². The van der Waals surface area contributed by atoms with Crippen LogP contribution in [0.15, 0.2) is 47.4 Å². The van der Waals surface area contributed by atoms with Crippen LogP contribution < -0.4 is 11.1 Å². The van der Waals surface area contributed by atoms with Gasteiger partial charge in [-0.05, 0) is 36.4 Å². The highest BCUT2D eigenvalue weighted by atomic mass is 32.2. The summed E-state index contributed by atoms with van der Waals surface area (Å²) >= 11 is 0.